The highest BCUT2D eigenvalue weighted by Gasteiger charge is 2.18. The molecule has 0 amide bonds. The van der Waals surface area contributed by atoms with Crippen molar-refractivity contribution in [1.82, 2.24) is 5.32 Å². The molecule has 0 saturated carbocycles. The zero-order chi connectivity index (χ0) is 11.4. The third-order valence-electron chi connectivity index (χ3n) is 3.52. The third-order valence-corrected chi connectivity index (χ3v) is 3.52. The van der Waals surface area contributed by atoms with Crippen LogP contribution < -0.4 is 10.2 Å². The Balaban J connectivity index is 2.28. The first-order chi connectivity index (χ1) is 7.86. The van der Waals surface area contributed by atoms with Crippen molar-refractivity contribution in [2.45, 2.75) is 32.2 Å². The summed E-state index contributed by atoms with van der Waals surface area (Å²) in [5, 5.41) is 3.41. The molecule has 16 heavy (non-hydrogen) atoms. The van der Waals surface area contributed by atoms with Gasteiger partial charge in [0.15, 0.2) is 0 Å². The molecule has 1 N–H and O–H groups in total. The van der Waals surface area contributed by atoms with E-state index in [4.69, 9.17) is 0 Å². The van der Waals surface area contributed by atoms with Crippen molar-refractivity contribution in [1.29, 1.82) is 0 Å². The van der Waals surface area contributed by atoms with Crippen LogP contribution in [-0.4, -0.2) is 20.1 Å². The Bertz CT molecular complexity index is 304. The molecule has 1 atom stereocenters. The quantitative estimate of drug-likeness (QED) is 0.836. The van der Waals surface area contributed by atoms with Crippen molar-refractivity contribution < 1.29 is 0 Å². The van der Waals surface area contributed by atoms with Crippen LogP contribution in [0.5, 0.6) is 0 Å². The van der Waals surface area contributed by atoms with Crippen molar-refractivity contribution in [3.05, 3.63) is 29.8 Å². The second-order valence-electron chi connectivity index (χ2n) is 4.50. The minimum absolute atomic E-state index is 0.483. The maximum Gasteiger partial charge on any atom is 0.0414 e. The van der Waals surface area contributed by atoms with Crippen molar-refractivity contribution >= 4 is 5.69 Å². The summed E-state index contributed by atoms with van der Waals surface area (Å²) >= 11 is 0. The van der Waals surface area contributed by atoms with Gasteiger partial charge in [-0.15, -0.1) is 0 Å². The van der Waals surface area contributed by atoms with Crippen molar-refractivity contribution in [3.63, 3.8) is 0 Å². The molecule has 1 aromatic carbocycles. The topological polar surface area (TPSA) is 15.3 Å². The van der Waals surface area contributed by atoms with E-state index in [0.717, 1.165) is 6.42 Å². The van der Waals surface area contributed by atoms with Gasteiger partial charge in [-0.2, -0.15) is 0 Å². The molecule has 1 aliphatic heterocycles. The molecule has 0 aliphatic carbocycles. The maximum atomic E-state index is 3.41. The third kappa shape index (κ3) is 2.22. The molecule has 88 valence electrons. The van der Waals surface area contributed by atoms with Gasteiger partial charge in [0, 0.05) is 24.8 Å². The standard InChI is InChI=1S/C14H22N2/c1-3-13(15-2)12-8-4-5-9-14(12)16-10-6-7-11-16/h4-5,8-9,13,15H,3,6-7,10-11H2,1-2H3. The van der Waals surface area contributed by atoms with Gasteiger partial charge in [0.1, 0.15) is 0 Å². The Morgan fingerprint density at radius 2 is 1.94 bits per heavy atom. The molecule has 1 heterocycles. The fourth-order valence-electron chi connectivity index (χ4n) is 2.61. The van der Waals surface area contributed by atoms with Crippen molar-refractivity contribution in [2.24, 2.45) is 0 Å². The van der Waals surface area contributed by atoms with Gasteiger partial charge in [-0.3, -0.25) is 0 Å². The van der Waals surface area contributed by atoms with Crippen LogP contribution in [0.1, 0.15) is 37.8 Å². The number of para-hydroxylation sites is 1. The van der Waals surface area contributed by atoms with Crippen LogP contribution in [0, 0.1) is 0 Å². The monoisotopic (exact) mass is 218 g/mol. The summed E-state index contributed by atoms with van der Waals surface area (Å²) in [6.07, 6.45) is 3.82. The first-order valence-corrected chi connectivity index (χ1v) is 6.38. The smallest absolute Gasteiger partial charge is 0.0414 e. The number of hydrogen-bond donors (Lipinski definition) is 1. The van der Waals surface area contributed by atoms with Crippen LogP contribution in [0.3, 0.4) is 0 Å². The molecular formula is C14H22N2. The van der Waals surface area contributed by atoms with Gasteiger partial charge in [0.25, 0.3) is 0 Å². The van der Waals surface area contributed by atoms with Gasteiger partial charge >= 0.3 is 0 Å². The number of anilines is 1. The van der Waals surface area contributed by atoms with Crippen molar-refractivity contribution in [3.8, 4) is 0 Å². The van der Waals surface area contributed by atoms with Crippen LogP contribution >= 0.6 is 0 Å². The summed E-state index contributed by atoms with van der Waals surface area (Å²) in [7, 11) is 2.05. The highest BCUT2D eigenvalue weighted by atomic mass is 15.1. The van der Waals surface area contributed by atoms with E-state index in [1.165, 1.54) is 37.2 Å². The summed E-state index contributed by atoms with van der Waals surface area (Å²) in [6.45, 7) is 4.68. The Morgan fingerprint density at radius 1 is 1.25 bits per heavy atom. The summed E-state index contributed by atoms with van der Waals surface area (Å²) in [5.74, 6) is 0. The maximum absolute atomic E-state index is 3.41. The average molecular weight is 218 g/mol. The summed E-state index contributed by atoms with van der Waals surface area (Å²) in [5.41, 5.74) is 2.88. The molecular weight excluding hydrogens is 196 g/mol. The van der Waals surface area contributed by atoms with Crippen LogP contribution in [-0.2, 0) is 0 Å². The van der Waals surface area contributed by atoms with Crippen molar-refractivity contribution in [2.75, 3.05) is 25.0 Å². The summed E-state index contributed by atoms with van der Waals surface area (Å²) in [4.78, 5) is 2.52. The van der Waals surface area contributed by atoms with E-state index < -0.39 is 0 Å². The largest absolute Gasteiger partial charge is 0.371 e. The number of rotatable bonds is 4. The molecule has 0 spiro atoms. The highest BCUT2D eigenvalue weighted by Crippen LogP contribution is 2.30. The molecule has 1 aliphatic rings. The van der Waals surface area contributed by atoms with Gasteiger partial charge in [-0.05, 0) is 37.9 Å². The molecule has 1 saturated heterocycles. The number of nitrogens with one attached hydrogen (secondary N) is 1. The Labute approximate surface area is 98.7 Å². The van der Waals surface area contributed by atoms with Crippen LogP contribution in [0.2, 0.25) is 0 Å². The lowest BCUT2D eigenvalue weighted by Gasteiger charge is -2.25. The first-order valence-electron chi connectivity index (χ1n) is 6.38. The van der Waals surface area contributed by atoms with E-state index in [-0.39, 0.29) is 0 Å². The van der Waals surface area contributed by atoms with E-state index in [2.05, 4.69) is 48.5 Å². The Morgan fingerprint density at radius 3 is 2.56 bits per heavy atom. The lowest BCUT2D eigenvalue weighted by atomic mass is 10.0. The van der Waals surface area contributed by atoms with Crippen LogP contribution in [0.15, 0.2) is 24.3 Å². The average Bonchev–Trinajstić information content (AvgIpc) is 2.85. The second kappa shape index (κ2) is 5.35. The van der Waals surface area contributed by atoms with E-state index >= 15 is 0 Å². The Kier molecular flexibility index (Phi) is 3.83. The molecule has 2 rings (SSSR count). The molecule has 0 aromatic heterocycles. The zero-order valence-electron chi connectivity index (χ0n) is 10.4. The van der Waals surface area contributed by atoms with E-state index in [9.17, 15) is 0 Å². The minimum Gasteiger partial charge on any atom is -0.371 e. The number of benzene rings is 1. The van der Waals surface area contributed by atoms with Gasteiger partial charge < -0.3 is 10.2 Å². The lowest BCUT2D eigenvalue weighted by Crippen LogP contribution is -2.23. The minimum atomic E-state index is 0.483. The lowest BCUT2D eigenvalue weighted by molar-refractivity contribution is 0.576. The molecule has 2 heteroatoms. The second-order valence-corrected chi connectivity index (χ2v) is 4.50. The molecule has 1 aromatic rings. The predicted molar refractivity (Wildman–Crippen MR) is 70.0 cm³/mol. The molecule has 0 bridgehead atoms. The summed E-state index contributed by atoms with van der Waals surface area (Å²) < 4.78 is 0. The Hall–Kier alpha value is -1.02. The van der Waals surface area contributed by atoms with Crippen LogP contribution in [0.4, 0.5) is 5.69 Å². The number of nitrogens with zero attached hydrogens (tertiary/aromatic N) is 1. The van der Waals surface area contributed by atoms with E-state index in [0.29, 0.717) is 6.04 Å². The van der Waals surface area contributed by atoms with E-state index in [1.807, 2.05) is 0 Å². The zero-order valence-corrected chi connectivity index (χ0v) is 10.4. The van der Waals surface area contributed by atoms with Gasteiger partial charge in [-0.1, -0.05) is 25.1 Å². The van der Waals surface area contributed by atoms with E-state index in [1.54, 1.807) is 0 Å². The predicted octanol–water partition coefficient (Wildman–Crippen LogP) is 2.96. The fourth-order valence-corrected chi connectivity index (χ4v) is 2.61. The molecule has 1 unspecified atom stereocenters. The molecule has 0 radical (unpaired) electrons. The summed E-state index contributed by atoms with van der Waals surface area (Å²) in [6, 6.07) is 9.31. The van der Waals surface area contributed by atoms with Crippen LogP contribution in [0.25, 0.3) is 0 Å². The number of hydrogen-bond acceptors (Lipinski definition) is 2. The highest BCUT2D eigenvalue weighted by molar-refractivity contribution is 5.55. The van der Waals surface area contributed by atoms with Gasteiger partial charge in [0.2, 0.25) is 0 Å². The molecule has 2 nitrogen and oxygen atoms in total. The van der Waals surface area contributed by atoms with Gasteiger partial charge in [0.05, 0.1) is 0 Å². The SMILES string of the molecule is CCC(NC)c1ccccc1N1CCCC1. The normalized spacial score (nSPS) is 17.8. The molecule has 1 fully saturated rings. The van der Waals surface area contributed by atoms with Gasteiger partial charge in [-0.25, -0.2) is 0 Å². The first kappa shape index (κ1) is 11.5. The fraction of sp³-hybridized carbons (Fsp3) is 0.571.